The molecule has 0 saturated carbocycles. The molecule has 0 unspecified atom stereocenters. The average Bonchev–Trinajstić information content (AvgIpc) is 2.50. The lowest BCUT2D eigenvalue weighted by Crippen LogP contribution is -1.99. The number of rotatable bonds is 11. The molecular formula is C17H27NO2. The quantitative estimate of drug-likeness (QED) is 0.447. The zero-order valence-electron chi connectivity index (χ0n) is 12.6. The van der Waals surface area contributed by atoms with Crippen LogP contribution in [0.15, 0.2) is 24.4 Å². The Kier molecular flexibility index (Phi) is 9.54. The number of aromatic nitrogens is 1. The molecule has 0 radical (unpaired) electrons. The molecule has 0 saturated heterocycles. The van der Waals surface area contributed by atoms with Gasteiger partial charge in [0, 0.05) is 18.3 Å². The van der Waals surface area contributed by atoms with Crippen molar-refractivity contribution in [3.8, 4) is 0 Å². The van der Waals surface area contributed by atoms with Gasteiger partial charge < -0.3 is 4.74 Å². The normalized spacial score (nSPS) is 10.4. The van der Waals surface area contributed by atoms with E-state index < -0.39 is 0 Å². The molecule has 3 nitrogen and oxygen atoms in total. The molecular weight excluding hydrogens is 250 g/mol. The largest absolute Gasteiger partial charge is 0.469 e. The van der Waals surface area contributed by atoms with Crippen LogP contribution in [0.4, 0.5) is 0 Å². The first kappa shape index (κ1) is 16.7. The summed E-state index contributed by atoms with van der Waals surface area (Å²) >= 11 is 0. The highest BCUT2D eigenvalue weighted by Gasteiger charge is 1.99. The topological polar surface area (TPSA) is 39.2 Å². The summed E-state index contributed by atoms with van der Waals surface area (Å²) in [6.45, 7) is 0. The summed E-state index contributed by atoms with van der Waals surface area (Å²) in [4.78, 5) is 15.2. The van der Waals surface area contributed by atoms with E-state index in [9.17, 15) is 4.79 Å². The van der Waals surface area contributed by atoms with Gasteiger partial charge in [0.1, 0.15) is 0 Å². The van der Waals surface area contributed by atoms with Gasteiger partial charge in [0.15, 0.2) is 0 Å². The maximum absolute atomic E-state index is 10.9. The van der Waals surface area contributed by atoms with Crippen molar-refractivity contribution < 1.29 is 9.53 Å². The Balaban J connectivity index is 1.82. The van der Waals surface area contributed by atoms with Gasteiger partial charge in [0.2, 0.25) is 0 Å². The number of aryl methyl sites for hydroxylation is 1. The Morgan fingerprint density at radius 1 is 1.00 bits per heavy atom. The van der Waals surface area contributed by atoms with E-state index in [2.05, 4.69) is 21.9 Å². The molecule has 1 heterocycles. The Bertz CT molecular complexity index is 351. The van der Waals surface area contributed by atoms with E-state index in [0.29, 0.717) is 6.42 Å². The van der Waals surface area contributed by atoms with Crippen LogP contribution >= 0.6 is 0 Å². The Hall–Kier alpha value is -1.38. The number of ether oxygens (including phenoxy) is 1. The van der Waals surface area contributed by atoms with Gasteiger partial charge >= 0.3 is 5.97 Å². The molecule has 1 aromatic heterocycles. The van der Waals surface area contributed by atoms with Crippen LogP contribution < -0.4 is 0 Å². The third kappa shape index (κ3) is 8.68. The molecule has 3 heteroatoms. The first-order chi connectivity index (χ1) is 9.83. The van der Waals surface area contributed by atoms with Crippen LogP contribution in [0.1, 0.15) is 63.5 Å². The van der Waals surface area contributed by atoms with Crippen molar-refractivity contribution in [3.63, 3.8) is 0 Å². The lowest BCUT2D eigenvalue weighted by atomic mass is 10.1. The van der Waals surface area contributed by atoms with Crippen molar-refractivity contribution >= 4 is 5.97 Å². The summed E-state index contributed by atoms with van der Waals surface area (Å²) in [5.41, 5.74) is 1.20. The minimum atomic E-state index is -0.0838. The van der Waals surface area contributed by atoms with Crippen LogP contribution in [-0.2, 0) is 16.0 Å². The van der Waals surface area contributed by atoms with E-state index in [1.165, 1.54) is 51.3 Å². The fraction of sp³-hybridized carbons (Fsp3) is 0.647. The first-order valence-electron chi connectivity index (χ1n) is 7.79. The van der Waals surface area contributed by atoms with Crippen molar-refractivity contribution in [1.82, 2.24) is 4.98 Å². The summed E-state index contributed by atoms with van der Waals surface area (Å²) in [6.07, 6.45) is 13.3. The number of hydrogen-bond donors (Lipinski definition) is 0. The summed E-state index contributed by atoms with van der Waals surface area (Å²) in [5, 5.41) is 0. The molecule has 0 aliphatic carbocycles. The summed E-state index contributed by atoms with van der Waals surface area (Å²) in [6, 6.07) is 6.11. The van der Waals surface area contributed by atoms with E-state index in [1.807, 2.05) is 12.3 Å². The van der Waals surface area contributed by atoms with Crippen LogP contribution in [0.5, 0.6) is 0 Å². The second-order valence-corrected chi connectivity index (χ2v) is 5.23. The molecule has 0 bridgehead atoms. The molecule has 0 spiro atoms. The molecule has 0 N–H and O–H groups in total. The molecule has 0 aromatic carbocycles. The van der Waals surface area contributed by atoms with Gasteiger partial charge in [-0.1, -0.05) is 44.6 Å². The van der Waals surface area contributed by atoms with E-state index >= 15 is 0 Å². The standard InChI is InChI=1S/C17H27NO2/c1-20-17(19)14-9-7-5-3-2-4-6-8-12-16-13-10-11-15-18-16/h10-11,13,15H,2-9,12,14H2,1H3. The number of pyridine rings is 1. The number of unbranched alkanes of at least 4 members (excludes halogenated alkanes) is 7. The number of nitrogens with zero attached hydrogens (tertiary/aromatic N) is 1. The van der Waals surface area contributed by atoms with Crippen LogP contribution in [-0.4, -0.2) is 18.1 Å². The number of hydrogen-bond acceptors (Lipinski definition) is 3. The SMILES string of the molecule is COC(=O)CCCCCCCCCCc1ccccn1. The summed E-state index contributed by atoms with van der Waals surface area (Å²) in [5.74, 6) is -0.0838. The van der Waals surface area contributed by atoms with Crippen molar-refractivity contribution in [1.29, 1.82) is 0 Å². The lowest BCUT2D eigenvalue weighted by Gasteiger charge is -2.02. The molecule has 1 rings (SSSR count). The lowest BCUT2D eigenvalue weighted by molar-refractivity contribution is -0.140. The highest BCUT2D eigenvalue weighted by molar-refractivity contribution is 5.68. The molecule has 1 aromatic rings. The van der Waals surface area contributed by atoms with Crippen molar-refractivity contribution in [2.24, 2.45) is 0 Å². The van der Waals surface area contributed by atoms with Crippen LogP contribution in [0.25, 0.3) is 0 Å². The van der Waals surface area contributed by atoms with Crippen molar-refractivity contribution in [3.05, 3.63) is 30.1 Å². The molecule has 20 heavy (non-hydrogen) atoms. The van der Waals surface area contributed by atoms with Crippen molar-refractivity contribution in [2.45, 2.75) is 64.2 Å². The minimum Gasteiger partial charge on any atom is -0.469 e. The Morgan fingerprint density at radius 3 is 2.25 bits per heavy atom. The zero-order chi connectivity index (χ0) is 14.5. The molecule has 0 atom stereocenters. The monoisotopic (exact) mass is 277 g/mol. The predicted octanol–water partition coefficient (Wildman–Crippen LogP) is 4.31. The molecule has 112 valence electrons. The van der Waals surface area contributed by atoms with Gasteiger partial charge in [-0.15, -0.1) is 0 Å². The number of methoxy groups -OCH3 is 1. The number of carbonyl (C=O) groups excluding carboxylic acids is 1. The maximum Gasteiger partial charge on any atom is 0.305 e. The van der Waals surface area contributed by atoms with Gasteiger partial charge in [-0.3, -0.25) is 9.78 Å². The fourth-order valence-corrected chi connectivity index (χ4v) is 2.28. The van der Waals surface area contributed by atoms with E-state index in [1.54, 1.807) is 0 Å². The van der Waals surface area contributed by atoms with Crippen LogP contribution in [0.3, 0.4) is 0 Å². The molecule has 0 aliphatic heterocycles. The van der Waals surface area contributed by atoms with Gasteiger partial charge in [-0.2, -0.15) is 0 Å². The molecule has 0 fully saturated rings. The predicted molar refractivity (Wildman–Crippen MR) is 81.5 cm³/mol. The number of esters is 1. The second kappa shape index (κ2) is 11.4. The van der Waals surface area contributed by atoms with Crippen molar-refractivity contribution in [2.75, 3.05) is 7.11 Å². The highest BCUT2D eigenvalue weighted by Crippen LogP contribution is 2.11. The highest BCUT2D eigenvalue weighted by atomic mass is 16.5. The third-order valence-electron chi connectivity index (χ3n) is 3.52. The summed E-state index contributed by atoms with van der Waals surface area (Å²) < 4.78 is 4.61. The average molecular weight is 277 g/mol. The van der Waals surface area contributed by atoms with Crippen LogP contribution in [0.2, 0.25) is 0 Å². The van der Waals surface area contributed by atoms with E-state index in [-0.39, 0.29) is 5.97 Å². The maximum atomic E-state index is 10.9. The van der Waals surface area contributed by atoms with Gasteiger partial charge in [-0.25, -0.2) is 0 Å². The smallest absolute Gasteiger partial charge is 0.305 e. The molecule has 0 aliphatic rings. The van der Waals surface area contributed by atoms with Gasteiger partial charge in [-0.05, 0) is 31.4 Å². The Morgan fingerprint density at radius 2 is 1.65 bits per heavy atom. The van der Waals surface area contributed by atoms with Gasteiger partial charge in [0.25, 0.3) is 0 Å². The first-order valence-corrected chi connectivity index (χ1v) is 7.79. The second-order valence-electron chi connectivity index (χ2n) is 5.23. The minimum absolute atomic E-state index is 0.0838. The van der Waals surface area contributed by atoms with E-state index in [0.717, 1.165) is 19.3 Å². The zero-order valence-corrected chi connectivity index (χ0v) is 12.6. The van der Waals surface area contributed by atoms with Crippen LogP contribution in [0, 0.1) is 0 Å². The fourth-order valence-electron chi connectivity index (χ4n) is 2.28. The number of carbonyl (C=O) groups is 1. The van der Waals surface area contributed by atoms with Gasteiger partial charge in [0.05, 0.1) is 7.11 Å². The summed E-state index contributed by atoms with van der Waals surface area (Å²) in [7, 11) is 1.45. The third-order valence-corrected chi connectivity index (χ3v) is 3.52. The molecule has 0 amide bonds. The van der Waals surface area contributed by atoms with E-state index in [4.69, 9.17) is 0 Å². The Labute approximate surface area is 122 Å².